The van der Waals surface area contributed by atoms with Gasteiger partial charge in [-0.2, -0.15) is 0 Å². The zero-order valence-corrected chi connectivity index (χ0v) is 11.7. The van der Waals surface area contributed by atoms with Gasteiger partial charge < -0.3 is 0 Å². The molecule has 0 spiro atoms. The van der Waals surface area contributed by atoms with E-state index in [0.717, 1.165) is 23.5 Å². The highest BCUT2D eigenvalue weighted by Crippen LogP contribution is 2.28. The normalized spacial score (nSPS) is 12.9. The van der Waals surface area contributed by atoms with Crippen molar-refractivity contribution in [3.8, 4) is 0 Å². The Hall–Kier alpha value is -0.750. The van der Waals surface area contributed by atoms with Gasteiger partial charge in [-0.25, -0.2) is 4.98 Å². The van der Waals surface area contributed by atoms with Crippen molar-refractivity contribution in [3.63, 3.8) is 0 Å². The number of hydrogen-bond donors (Lipinski definition) is 2. The summed E-state index contributed by atoms with van der Waals surface area (Å²) >= 11 is 3.47. The topological polar surface area (TPSA) is 50.9 Å². The number of hydrazine groups is 1. The fourth-order valence-corrected chi connectivity index (χ4v) is 3.72. The number of hydrogen-bond acceptors (Lipinski definition) is 5. The number of aryl methyl sites for hydroxylation is 2. The average Bonchev–Trinajstić information content (AvgIpc) is 2.94. The first kappa shape index (κ1) is 12.7. The molecule has 0 aliphatic heterocycles. The Bertz CT molecular complexity index is 476. The van der Waals surface area contributed by atoms with Gasteiger partial charge in [0.25, 0.3) is 0 Å². The van der Waals surface area contributed by atoms with E-state index in [1.54, 1.807) is 22.7 Å². The van der Waals surface area contributed by atoms with Crippen molar-refractivity contribution in [2.75, 3.05) is 0 Å². The Balaban J connectivity index is 2.16. The van der Waals surface area contributed by atoms with Crippen LogP contribution in [0.4, 0.5) is 0 Å². The fraction of sp³-hybridized carbons (Fsp3) is 0.417. The zero-order valence-electron chi connectivity index (χ0n) is 10.1. The molecule has 92 valence electrons. The van der Waals surface area contributed by atoms with Crippen LogP contribution in [0.15, 0.2) is 16.8 Å². The van der Waals surface area contributed by atoms with Crippen LogP contribution in [0.5, 0.6) is 0 Å². The summed E-state index contributed by atoms with van der Waals surface area (Å²) in [7, 11) is 0. The van der Waals surface area contributed by atoms with Crippen LogP contribution in [0.3, 0.4) is 0 Å². The predicted octanol–water partition coefficient (Wildman–Crippen LogP) is 2.82. The monoisotopic (exact) mass is 267 g/mol. The van der Waals surface area contributed by atoms with Crippen molar-refractivity contribution in [1.29, 1.82) is 0 Å². The SMILES string of the molecule is CCc1ccsc1C(Cc1nc(C)cs1)NN. The van der Waals surface area contributed by atoms with E-state index < -0.39 is 0 Å². The third-order valence-electron chi connectivity index (χ3n) is 2.72. The number of thiazole rings is 1. The Morgan fingerprint density at radius 3 is 2.88 bits per heavy atom. The van der Waals surface area contributed by atoms with Crippen molar-refractivity contribution in [3.05, 3.63) is 38.0 Å². The highest BCUT2D eigenvalue weighted by Gasteiger charge is 2.16. The summed E-state index contributed by atoms with van der Waals surface area (Å²) < 4.78 is 0. The molecule has 0 aliphatic rings. The molecule has 0 aromatic carbocycles. The maximum Gasteiger partial charge on any atom is 0.0947 e. The number of nitrogens with two attached hydrogens (primary N) is 1. The molecule has 0 bridgehead atoms. The lowest BCUT2D eigenvalue weighted by Crippen LogP contribution is -2.29. The van der Waals surface area contributed by atoms with Crippen LogP contribution >= 0.6 is 22.7 Å². The Morgan fingerprint density at radius 2 is 2.29 bits per heavy atom. The number of nitrogens with zero attached hydrogens (tertiary/aromatic N) is 1. The van der Waals surface area contributed by atoms with Crippen molar-refractivity contribution < 1.29 is 0 Å². The highest BCUT2D eigenvalue weighted by atomic mass is 32.1. The molecule has 1 atom stereocenters. The summed E-state index contributed by atoms with van der Waals surface area (Å²) in [5, 5.41) is 5.35. The molecule has 5 heteroatoms. The van der Waals surface area contributed by atoms with E-state index >= 15 is 0 Å². The van der Waals surface area contributed by atoms with Crippen molar-refractivity contribution >= 4 is 22.7 Å². The molecule has 3 N–H and O–H groups in total. The molecule has 3 nitrogen and oxygen atoms in total. The standard InChI is InChI=1S/C12H17N3S2/c1-3-9-4-5-16-12(9)10(15-13)6-11-14-8(2)7-17-11/h4-5,7,10,15H,3,6,13H2,1-2H3. The van der Waals surface area contributed by atoms with Crippen LogP contribution < -0.4 is 11.3 Å². The van der Waals surface area contributed by atoms with Crippen LogP contribution in [0.2, 0.25) is 0 Å². The lowest BCUT2D eigenvalue weighted by Gasteiger charge is -2.14. The minimum atomic E-state index is 0.176. The fourth-order valence-electron chi connectivity index (χ4n) is 1.84. The van der Waals surface area contributed by atoms with Crippen molar-refractivity contribution in [2.45, 2.75) is 32.7 Å². The van der Waals surface area contributed by atoms with E-state index in [9.17, 15) is 0 Å². The van der Waals surface area contributed by atoms with Gasteiger partial charge in [0.2, 0.25) is 0 Å². The van der Waals surface area contributed by atoms with Crippen LogP contribution in [-0.2, 0) is 12.8 Å². The predicted molar refractivity (Wildman–Crippen MR) is 74.3 cm³/mol. The van der Waals surface area contributed by atoms with Gasteiger partial charge in [-0.05, 0) is 30.4 Å². The second-order valence-corrected chi connectivity index (χ2v) is 5.86. The van der Waals surface area contributed by atoms with E-state index in [-0.39, 0.29) is 6.04 Å². The largest absolute Gasteiger partial charge is 0.271 e. The highest BCUT2D eigenvalue weighted by molar-refractivity contribution is 7.10. The van der Waals surface area contributed by atoms with E-state index in [2.05, 4.69) is 34.2 Å². The smallest absolute Gasteiger partial charge is 0.0947 e. The van der Waals surface area contributed by atoms with E-state index in [1.807, 2.05) is 6.92 Å². The van der Waals surface area contributed by atoms with Gasteiger partial charge in [-0.3, -0.25) is 11.3 Å². The quantitative estimate of drug-likeness (QED) is 0.647. The molecule has 0 saturated carbocycles. The second-order valence-electron chi connectivity index (χ2n) is 3.97. The maximum atomic E-state index is 5.68. The number of rotatable bonds is 5. The molecule has 0 radical (unpaired) electrons. The average molecular weight is 267 g/mol. The minimum Gasteiger partial charge on any atom is -0.271 e. The summed E-state index contributed by atoms with van der Waals surface area (Å²) in [5.74, 6) is 5.68. The second kappa shape index (κ2) is 5.73. The first-order valence-electron chi connectivity index (χ1n) is 5.68. The van der Waals surface area contributed by atoms with Gasteiger partial charge in [-0.15, -0.1) is 22.7 Å². The molecular weight excluding hydrogens is 250 g/mol. The molecule has 17 heavy (non-hydrogen) atoms. The van der Waals surface area contributed by atoms with Crippen LogP contribution in [0.25, 0.3) is 0 Å². The first-order chi connectivity index (χ1) is 8.24. The maximum absolute atomic E-state index is 5.68. The van der Waals surface area contributed by atoms with E-state index in [4.69, 9.17) is 5.84 Å². The Morgan fingerprint density at radius 1 is 1.47 bits per heavy atom. The number of thiophene rings is 1. The molecule has 2 heterocycles. The molecule has 2 rings (SSSR count). The third kappa shape index (κ3) is 2.93. The van der Waals surface area contributed by atoms with Crippen molar-refractivity contribution in [2.24, 2.45) is 5.84 Å². The van der Waals surface area contributed by atoms with Crippen LogP contribution in [-0.4, -0.2) is 4.98 Å². The number of aromatic nitrogens is 1. The lowest BCUT2D eigenvalue weighted by atomic mass is 10.1. The van der Waals surface area contributed by atoms with Crippen LogP contribution in [0.1, 0.15) is 34.1 Å². The van der Waals surface area contributed by atoms with Gasteiger partial charge in [0.15, 0.2) is 0 Å². The lowest BCUT2D eigenvalue weighted by molar-refractivity contribution is 0.555. The minimum absolute atomic E-state index is 0.176. The van der Waals surface area contributed by atoms with Crippen LogP contribution in [0, 0.1) is 6.92 Å². The van der Waals surface area contributed by atoms with Gasteiger partial charge in [0, 0.05) is 22.4 Å². The first-order valence-corrected chi connectivity index (χ1v) is 7.44. The number of nitrogens with one attached hydrogen (secondary N) is 1. The van der Waals surface area contributed by atoms with Gasteiger partial charge in [0.1, 0.15) is 0 Å². The van der Waals surface area contributed by atoms with Gasteiger partial charge in [-0.1, -0.05) is 6.92 Å². The molecule has 0 amide bonds. The summed E-state index contributed by atoms with van der Waals surface area (Å²) in [5.41, 5.74) is 5.38. The molecule has 2 aromatic heterocycles. The molecule has 0 saturated heterocycles. The summed E-state index contributed by atoms with van der Waals surface area (Å²) in [6, 6.07) is 2.35. The molecule has 0 fully saturated rings. The van der Waals surface area contributed by atoms with Gasteiger partial charge in [0.05, 0.1) is 11.0 Å². The van der Waals surface area contributed by atoms with Gasteiger partial charge >= 0.3 is 0 Å². The zero-order chi connectivity index (χ0) is 12.3. The molecule has 1 unspecified atom stereocenters. The Kier molecular flexibility index (Phi) is 4.28. The van der Waals surface area contributed by atoms with E-state index in [1.165, 1.54) is 10.4 Å². The summed E-state index contributed by atoms with van der Waals surface area (Å²) in [6.07, 6.45) is 1.91. The molecule has 0 aliphatic carbocycles. The third-order valence-corrected chi connectivity index (χ3v) is 4.79. The van der Waals surface area contributed by atoms with Crippen molar-refractivity contribution in [1.82, 2.24) is 10.4 Å². The molecular formula is C12H17N3S2. The Labute approximate surface area is 110 Å². The molecule has 2 aromatic rings. The van der Waals surface area contributed by atoms with E-state index in [0.29, 0.717) is 0 Å². The summed E-state index contributed by atoms with van der Waals surface area (Å²) in [6.45, 7) is 4.19. The summed E-state index contributed by atoms with van der Waals surface area (Å²) in [4.78, 5) is 5.83.